The molecule has 0 radical (unpaired) electrons. The van der Waals surface area contributed by atoms with Gasteiger partial charge in [0.15, 0.2) is 0 Å². The summed E-state index contributed by atoms with van der Waals surface area (Å²) in [4.78, 5) is 33.9. The van der Waals surface area contributed by atoms with E-state index in [1.54, 1.807) is 36.0 Å². The van der Waals surface area contributed by atoms with E-state index in [1.165, 1.54) is 0 Å². The fraction of sp³-hybridized carbons (Fsp3) is 0.207. The van der Waals surface area contributed by atoms with Gasteiger partial charge in [-0.25, -0.2) is 4.79 Å². The number of rotatable bonds is 6. The number of nitrogens with zero attached hydrogens (tertiary/aromatic N) is 3. The van der Waals surface area contributed by atoms with Crippen molar-refractivity contribution in [3.05, 3.63) is 119 Å². The largest absolute Gasteiger partial charge is 0.445 e. The van der Waals surface area contributed by atoms with Gasteiger partial charge >= 0.3 is 6.09 Å². The van der Waals surface area contributed by atoms with E-state index in [4.69, 9.17) is 4.74 Å². The second kappa shape index (κ2) is 11.8. The minimum atomic E-state index is -0.414. The van der Waals surface area contributed by atoms with E-state index in [9.17, 15) is 9.59 Å². The van der Waals surface area contributed by atoms with Gasteiger partial charge in [0, 0.05) is 43.9 Å². The zero-order valence-electron chi connectivity index (χ0n) is 20.6. The standard InChI is InChI=1S/C29H30N4O3/c1-30-27(23-14-8-4-9-15-23)31-25-18-19-33(29(35)36-21-22-12-6-3-7-13-22)20-26(25)32(2)28(34)24-16-10-5-11-17-24/h3-17H,18-21H2,1-2H3,(H,30,31). The summed E-state index contributed by atoms with van der Waals surface area (Å²) >= 11 is 0. The molecule has 7 heteroatoms. The Balaban J connectivity index is 1.58. The number of hydrogen-bond donors (Lipinski definition) is 1. The van der Waals surface area contributed by atoms with Crippen LogP contribution < -0.4 is 5.32 Å². The number of amidine groups is 1. The Hall–Kier alpha value is -4.39. The number of carbonyl (C=O) groups is 2. The lowest BCUT2D eigenvalue weighted by Crippen LogP contribution is -2.45. The molecule has 36 heavy (non-hydrogen) atoms. The Morgan fingerprint density at radius 1 is 0.917 bits per heavy atom. The Morgan fingerprint density at radius 2 is 1.50 bits per heavy atom. The highest BCUT2D eigenvalue weighted by Crippen LogP contribution is 2.22. The highest BCUT2D eigenvalue weighted by Gasteiger charge is 2.29. The first-order chi connectivity index (χ1) is 17.6. The predicted octanol–water partition coefficient (Wildman–Crippen LogP) is 4.68. The maximum absolute atomic E-state index is 13.3. The number of carbonyl (C=O) groups excluding carboxylic acids is 2. The Bertz CT molecular complexity index is 1240. The van der Waals surface area contributed by atoms with Crippen molar-refractivity contribution in [3.8, 4) is 0 Å². The molecule has 1 N–H and O–H groups in total. The smallest absolute Gasteiger partial charge is 0.410 e. The average molecular weight is 483 g/mol. The fourth-order valence-corrected chi connectivity index (χ4v) is 4.05. The van der Waals surface area contributed by atoms with Crippen LogP contribution in [0.3, 0.4) is 0 Å². The molecule has 3 aromatic carbocycles. The minimum absolute atomic E-state index is 0.154. The van der Waals surface area contributed by atoms with Crippen LogP contribution in [0.1, 0.15) is 27.9 Å². The first kappa shape index (κ1) is 24.7. The summed E-state index contributed by atoms with van der Waals surface area (Å²) in [5.74, 6) is 0.544. The van der Waals surface area contributed by atoms with Crippen molar-refractivity contribution in [2.24, 2.45) is 4.99 Å². The monoisotopic (exact) mass is 482 g/mol. The number of nitrogens with one attached hydrogen (secondary N) is 1. The van der Waals surface area contributed by atoms with Crippen molar-refractivity contribution in [1.82, 2.24) is 15.1 Å². The van der Waals surface area contributed by atoms with Crippen LogP contribution in [0.25, 0.3) is 0 Å². The molecule has 0 saturated heterocycles. The number of amides is 2. The summed E-state index contributed by atoms with van der Waals surface area (Å²) < 4.78 is 5.56. The quantitative estimate of drug-likeness (QED) is 0.409. The molecule has 0 aliphatic carbocycles. The van der Waals surface area contributed by atoms with Gasteiger partial charge in [0.05, 0.1) is 12.2 Å². The van der Waals surface area contributed by atoms with Gasteiger partial charge in [-0.05, 0) is 17.7 Å². The van der Waals surface area contributed by atoms with Crippen molar-refractivity contribution in [3.63, 3.8) is 0 Å². The molecule has 0 bridgehead atoms. The fourth-order valence-electron chi connectivity index (χ4n) is 4.05. The lowest BCUT2D eigenvalue weighted by Gasteiger charge is -2.34. The summed E-state index contributed by atoms with van der Waals surface area (Å²) in [5.41, 5.74) is 3.97. The minimum Gasteiger partial charge on any atom is -0.445 e. The summed E-state index contributed by atoms with van der Waals surface area (Å²) in [6, 6.07) is 28.5. The molecule has 4 rings (SSSR count). The van der Waals surface area contributed by atoms with Gasteiger partial charge in [-0.1, -0.05) is 78.9 Å². The number of hydrogen-bond acceptors (Lipinski definition) is 4. The van der Waals surface area contributed by atoms with E-state index in [2.05, 4.69) is 10.3 Å². The Kier molecular flexibility index (Phi) is 8.13. The van der Waals surface area contributed by atoms with Crippen molar-refractivity contribution < 1.29 is 14.3 Å². The molecule has 2 amide bonds. The third kappa shape index (κ3) is 5.99. The van der Waals surface area contributed by atoms with Crippen LogP contribution in [-0.2, 0) is 11.3 Å². The molecule has 1 aliphatic heterocycles. The van der Waals surface area contributed by atoms with E-state index in [0.29, 0.717) is 30.1 Å². The summed E-state index contributed by atoms with van der Waals surface area (Å²) in [6.07, 6.45) is 0.108. The SMILES string of the molecule is CN=C(NC1=C(N(C)C(=O)c2ccccc2)CN(C(=O)OCc2ccccc2)CC1)c1ccccc1. The van der Waals surface area contributed by atoms with Crippen LogP contribution in [0.5, 0.6) is 0 Å². The first-order valence-electron chi connectivity index (χ1n) is 11.9. The van der Waals surface area contributed by atoms with Crippen molar-refractivity contribution in [1.29, 1.82) is 0 Å². The van der Waals surface area contributed by atoms with Gasteiger partial charge in [-0.3, -0.25) is 9.79 Å². The highest BCUT2D eigenvalue weighted by molar-refractivity contribution is 6.00. The molecule has 0 saturated carbocycles. The normalized spacial score (nSPS) is 13.8. The van der Waals surface area contributed by atoms with E-state index in [-0.39, 0.29) is 19.1 Å². The van der Waals surface area contributed by atoms with E-state index in [1.807, 2.05) is 78.9 Å². The lowest BCUT2D eigenvalue weighted by atomic mass is 10.1. The maximum atomic E-state index is 13.3. The van der Waals surface area contributed by atoms with Gasteiger partial charge in [0.1, 0.15) is 12.4 Å². The van der Waals surface area contributed by atoms with Crippen molar-refractivity contribution in [2.45, 2.75) is 13.0 Å². The van der Waals surface area contributed by atoms with Crippen LogP contribution in [0.4, 0.5) is 4.79 Å². The van der Waals surface area contributed by atoms with Crippen LogP contribution in [0, 0.1) is 0 Å². The van der Waals surface area contributed by atoms with Crippen molar-refractivity contribution in [2.75, 3.05) is 27.2 Å². The number of benzene rings is 3. The number of ether oxygens (including phenoxy) is 1. The Morgan fingerprint density at radius 3 is 2.11 bits per heavy atom. The molecular formula is C29H30N4O3. The van der Waals surface area contributed by atoms with Crippen LogP contribution in [-0.4, -0.2) is 54.8 Å². The molecule has 1 heterocycles. The van der Waals surface area contributed by atoms with Crippen LogP contribution in [0.2, 0.25) is 0 Å². The first-order valence-corrected chi connectivity index (χ1v) is 11.9. The molecule has 3 aromatic rings. The molecule has 0 unspecified atom stereocenters. The molecule has 184 valence electrons. The average Bonchev–Trinajstić information content (AvgIpc) is 2.95. The zero-order chi connectivity index (χ0) is 25.3. The second-order valence-electron chi connectivity index (χ2n) is 8.43. The maximum Gasteiger partial charge on any atom is 0.410 e. The van der Waals surface area contributed by atoms with E-state index in [0.717, 1.165) is 16.8 Å². The third-order valence-corrected chi connectivity index (χ3v) is 6.05. The molecular weight excluding hydrogens is 452 g/mol. The van der Waals surface area contributed by atoms with Crippen LogP contribution in [0.15, 0.2) is 107 Å². The predicted molar refractivity (Wildman–Crippen MR) is 140 cm³/mol. The Labute approximate surface area is 211 Å². The molecule has 0 spiro atoms. The summed E-state index contributed by atoms with van der Waals surface area (Å²) in [7, 11) is 3.46. The second-order valence-corrected chi connectivity index (χ2v) is 8.43. The highest BCUT2D eigenvalue weighted by atomic mass is 16.6. The van der Waals surface area contributed by atoms with Gasteiger partial charge in [-0.2, -0.15) is 0 Å². The summed E-state index contributed by atoms with van der Waals surface area (Å²) in [6.45, 7) is 0.884. The number of aliphatic imine (C=N–C) groups is 1. The van der Waals surface area contributed by atoms with Gasteiger partial charge < -0.3 is 19.9 Å². The van der Waals surface area contributed by atoms with Gasteiger partial charge in [-0.15, -0.1) is 0 Å². The molecule has 1 aliphatic rings. The molecule has 0 fully saturated rings. The van der Waals surface area contributed by atoms with Gasteiger partial charge in [0.25, 0.3) is 5.91 Å². The summed E-state index contributed by atoms with van der Waals surface area (Å²) in [5, 5.41) is 3.43. The van der Waals surface area contributed by atoms with Crippen LogP contribution >= 0.6 is 0 Å². The van der Waals surface area contributed by atoms with Crippen molar-refractivity contribution >= 4 is 17.8 Å². The third-order valence-electron chi connectivity index (χ3n) is 6.05. The van der Waals surface area contributed by atoms with E-state index >= 15 is 0 Å². The molecule has 0 atom stereocenters. The molecule has 0 aromatic heterocycles. The number of likely N-dealkylation sites (N-methyl/N-ethyl adjacent to an activating group) is 1. The van der Waals surface area contributed by atoms with Gasteiger partial charge in [0.2, 0.25) is 0 Å². The topological polar surface area (TPSA) is 74.2 Å². The van der Waals surface area contributed by atoms with E-state index < -0.39 is 6.09 Å². The lowest BCUT2D eigenvalue weighted by molar-refractivity contribution is 0.0779. The molecule has 7 nitrogen and oxygen atoms in total. The zero-order valence-corrected chi connectivity index (χ0v) is 20.6.